The van der Waals surface area contributed by atoms with E-state index in [1.807, 2.05) is 20.8 Å². The number of carbonyl (C=O) groups excluding carboxylic acids is 1. The van der Waals surface area contributed by atoms with Crippen LogP contribution in [-0.4, -0.2) is 34.0 Å². The highest BCUT2D eigenvalue weighted by Gasteiger charge is 2.39. The second-order valence-electron chi connectivity index (χ2n) is 7.19. The molecule has 0 saturated carbocycles. The molecule has 25 heavy (non-hydrogen) atoms. The van der Waals surface area contributed by atoms with Gasteiger partial charge in [0, 0.05) is 24.1 Å². The van der Waals surface area contributed by atoms with Crippen LogP contribution in [0.5, 0.6) is 0 Å². The van der Waals surface area contributed by atoms with E-state index in [2.05, 4.69) is 10.1 Å². The number of hydrogen-bond acceptors (Lipinski definition) is 4. The summed E-state index contributed by atoms with van der Waals surface area (Å²) in [5.41, 5.74) is -0.975. The first-order valence-electron chi connectivity index (χ1n) is 7.86. The van der Waals surface area contributed by atoms with Crippen LogP contribution in [-0.2, 0) is 11.0 Å². The predicted molar refractivity (Wildman–Crippen MR) is 83.5 cm³/mol. The number of hydrogen-bond donors (Lipinski definition) is 0. The molecule has 1 aliphatic heterocycles. The maximum absolute atomic E-state index is 12.8. The largest absolute Gasteiger partial charge is 0.416 e. The molecule has 0 N–H and O–H groups in total. The third-order valence-electron chi connectivity index (χ3n) is 4.05. The van der Waals surface area contributed by atoms with E-state index < -0.39 is 17.2 Å². The van der Waals surface area contributed by atoms with Crippen molar-refractivity contribution in [3.63, 3.8) is 0 Å². The maximum atomic E-state index is 12.8. The zero-order chi connectivity index (χ0) is 18.4. The minimum Gasteiger partial charge on any atom is -0.341 e. The van der Waals surface area contributed by atoms with Crippen molar-refractivity contribution in [2.75, 3.05) is 13.1 Å². The normalized spacial score (nSPS) is 16.0. The van der Waals surface area contributed by atoms with Crippen LogP contribution in [0, 0.1) is 5.41 Å². The number of aromatic nitrogens is 2. The summed E-state index contributed by atoms with van der Waals surface area (Å²) in [6.07, 6.45) is -4.43. The van der Waals surface area contributed by atoms with Gasteiger partial charge in [-0.2, -0.15) is 18.2 Å². The van der Waals surface area contributed by atoms with Crippen molar-refractivity contribution >= 4 is 5.91 Å². The van der Waals surface area contributed by atoms with Crippen LogP contribution in [0.3, 0.4) is 0 Å². The number of benzene rings is 1. The van der Waals surface area contributed by atoms with Crippen LogP contribution in [0.15, 0.2) is 28.8 Å². The number of amides is 1. The van der Waals surface area contributed by atoms with Gasteiger partial charge in [0.15, 0.2) is 0 Å². The highest BCUT2D eigenvalue weighted by molar-refractivity contribution is 5.82. The van der Waals surface area contributed by atoms with Gasteiger partial charge in [0.05, 0.1) is 11.5 Å². The molecule has 1 amide bonds. The number of carbonyl (C=O) groups is 1. The van der Waals surface area contributed by atoms with E-state index in [1.165, 1.54) is 12.1 Å². The Morgan fingerprint density at radius 2 is 1.92 bits per heavy atom. The third kappa shape index (κ3) is 3.52. The zero-order valence-electron chi connectivity index (χ0n) is 14.1. The highest BCUT2D eigenvalue weighted by atomic mass is 19.4. The van der Waals surface area contributed by atoms with Crippen molar-refractivity contribution in [3.05, 3.63) is 35.7 Å². The van der Waals surface area contributed by atoms with Crippen molar-refractivity contribution in [2.24, 2.45) is 5.41 Å². The molecule has 0 aliphatic carbocycles. The Morgan fingerprint density at radius 1 is 1.24 bits per heavy atom. The van der Waals surface area contributed by atoms with Crippen LogP contribution < -0.4 is 0 Å². The first-order chi connectivity index (χ1) is 11.6. The number of rotatable bonds is 2. The van der Waals surface area contributed by atoms with Gasteiger partial charge in [-0.05, 0) is 12.1 Å². The molecule has 8 heteroatoms. The van der Waals surface area contributed by atoms with Gasteiger partial charge in [0.1, 0.15) is 0 Å². The molecule has 0 spiro atoms. The summed E-state index contributed by atoms with van der Waals surface area (Å²) in [5.74, 6) is 0.409. The fourth-order valence-corrected chi connectivity index (χ4v) is 2.63. The molecule has 2 heterocycles. The topological polar surface area (TPSA) is 59.2 Å². The minimum atomic E-state index is -4.43. The van der Waals surface area contributed by atoms with Gasteiger partial charge in [-0.1, -0.05) is 38.1 Å². The summed E-state index contributed by atoms with van der Waals surface area (Å²) in [4.78, 5) is 18.0. The van der Waals surface area contributed by atoms with Gasteiger partial charge in [0.25, 0.3) is 0 Å². The molecule has 2 aromatic rings. The van der Waals surface area contributed by atoms with Crippen molar-refractivity contribution in [3.8, 4) is 11.4 Å². The van der Waals surface area contributed by atoms with Gasteiger partial charge >= 0.3 is 6.18 Å². The molecular formula is C17H18F3N3O2. The van der Waals surface area contributed by atoms with Crippen LogP contribution in [0.1, 0.15) is 38.1 Å². The zero-order valence-corrected chi connectivity index (χ0v) is 14.1. The monoisotopic (exact) mass is 353 g/mol. The summed E-state index contributed by atoms with van der Waals surface area (Å²) in [6, 6.07) is 4.79. The maximum Gasteiger partial charge on any atom is 0.416 e. The Morgan fingerprint density at radius 3 is 2.52 bits per heavy atom. The fourth-order valence-electron chi connectivity index (χ4n) is 2.63. The Kier molecular flexibility index (Phi) is 4.09. The molecule has 0 atom stereocenters. The van der Waals surface area contributed by atoms with Crippen LogP contribution in [0.25, 0.3) is 11.4 Å². The van der Waals surface area contributed by atoms with Crippen molar-refractivity contribution in [1.82, 2.24) is 15.0 Å². The second kappa shape index (κ2) is 5.86. The summed E-state index contributed by atoms with van der Waals surface area (Å²) < 4.78 is 43.6. The average molecular weight is 353 g/mol. The van der Waals surface area contributed by atoms with E-state index in [4.69, 9.17) is 4.52 Å². The Labute approximate surface area is 142 Å². The number of nitrogens with zero attached hydrogens (tertiary/aromatic N) is 3. The molecule has 1 fully saturated rings. The Balaban J connectivity index is 1.72. The minimum absolute atomic E-state index is 0.0429. The van der Waals surface area contributed by atoms with Crippen LogP contribution in [0.2, 0.25) is 0 Å². The lowest BCUT2D eigenvalue weighted by Gasteiger charge is -2.40. The molecule has 3 rings (SSSR count). The second-order valence-corrected chi connectivity index (χ2v) is 7.19. The van der Waals surface area contributed by atoms with Crippen molar-refractivity contribution in [1.29, 1.82) is 0 Å². The average Bonchev–Trinajstić information content (AvgIpc) is 2.93. The SMILES string of the molecule is CC(C)(C)C(=O)N1CC(c2nc(-c3cccc(C(F)(F)F)c3)no2)C1. The molecule has 1 saturated heterocycles. The van der Waals surface area contributed by atoms with E-state index in [9.17, 15) is 18.0 Å². The highest BCUT2D eigenvalue weighted by Crippen LogP contribution is 2.33. The smallest absolute Gasteiger partial charge is 0.341 e. The standard InChI is InChI=1S/C17H18F3N3O2/c1-16(2,3)15(24)23-8-11(9-23)14-21-13(22-25-14)10-5-4-6-12(7-10)17(18,19)20/h4-7,11H,8-9H2,1-3H3. The molecular weight excluding hydrogens is 335 g/mol. The molecule has 0 unspecified atom stereocenters. The number of halogens is 3. The Hall–Kier alpha value is -2.38. The molecule has 1 aromatic heterocycles. The number of likely N-dealkylation sites (tertiary alicyclic amines) is 1. The number of alkyl halides is 3. The quantitative estimate of drug-likeness (QED) is 0.825. The van der Waals surface area contributed by atoms with E-state index in [1.54, 1.807) is 4.90 Å². The van der Waals surface area contributed by atoms with Gasteiger partial charge in [-0.3, -0.25) is 4.79 Å². The lowest BCUT2D eigenvalue weighted by Crippen LogP contribution is -2.52. The molecule has 0 bridgehead atoms. The van der Waals surface area contributed by atoms with Gasteiger partial charge in [-0.25, -0.2) is 0 Å². The summed E-state index contributed by atoms with van der Waals surface area (Å²) in [5, 5.41) is 3.77. The summed E-state index contributed by atoms with van der Waals surface area (Å²) in [6.45, 7) is 6.49. The van der Waals surface area contributed by atoms with Gasteiger partial charge in [-0.15, -0.1) is 0 Å². The fraction of sp³-hybridized carbons (Fsp3) is 0.471. The first kappa shape index (κ1) is 17.4. The van der Waals surface area contributed by atoms with Gasteiger partial charge < -0.3 is 9.42 Å². The van der Waals surface area contributed by atoms with E-state index in [0.29, 0.717) is 19.0 Å². The van der Waals surface area contributed by atoms with Gasteiger partial charge in [0.2, 0.25) is 17.6 Å². The van der Waals surface area contributed by atoms with E-state index in [-0.39, 0.29) is 23.2 Å². The van der Waals surface area contributed by atoms with E-state index in [0.717, 1.165) is 12.1 Å². The lowest BCUT2D eigenvalue weighted by molar-refractivity contribution is -0.144. The third-order valence-corrected chi connectivity index (χ3v) is 4.05. The van der Waals surface area contributed by atoms with Crippen molar-refractivity contribution in [2.45, 2.75) is 32.9 Å². The first-order valence-corrected chi connectivity index (χ1v) is 7.86. The molecule has 134 valence electrons. The lowest BCUT2D eigenvalue weighted by atomic mass is 9.90. The molecule has 1 aromatic carbocycles. The van der Waals surface area contributed by atoms with E-state index >= 15 is 0 Å². The van der Waals surface area contributed by atoms with Crippen LogP contribution in [0.4, 0.5) is 13.2 Å². The molecule has 0 radical (unpaired) electrons. The summed E-state index contributed by atoms with van der Waals surface area (Å²) >= 11 is 0. The molecule has 5 nitrogen and oxygen atoms in total. The van der Waals surface area contributed by atoms with Crippen molar-refractivity contribution < 1.29 is 22.5 Å². The van der Waals surface area contributed by atoms with Crippen LogP contribution >= 0.6 is 0 Å². The summed E-state index contributed by atoms with van der Waals surface area (Å²) in [7, 11) is 0. The predicted octanol–water partition coefficient (Wildman–Crippen LogP) is 3.73. The Bertz CT molecular complexity index is 787. The molecule has 1 aliphatic rings.